The van der Waals surface area contributed by atoms with Crippen molar-refractivity contribution in [1.29, 1.82) is 0 Å². The highest BCUT2D eigenvalue weighted by molar-refractivity contribution is 5.73. The number of hydrogen-bond donors (Lipinski definition) is 0. The predicted molar refractivity (Wildman–Crippen MR) is 291 cm³/mol. The van der Waals surface area contributed by atoms with Gasteiger partial charge in [0.05, 0.1) is 5.41 Å². The van der Waals surface area contributed by atoms with E-state index in [0.717, 1.165) is 89.0 Å². The fraction of sp³-hybridized carbons (Fsp3) is 0.0154. The highest BCUT2D eigenvalue weighted by Gasteiger charge is 2.39. The van der Waals surface area contributed by atoms with Gasteiger partial charge in [0.25, 0.3) is 0 Å². The molecule has 12 aromatic rings. The molecule has 0 N–H and O–H groups in total. The second kappa shape index (κ2) is 19.8. The lowest BCUT2D eigenvalue weighted by Gasteiger charge is -2.37. The summed E-state index contributed by atoms with van der Waals surface area (Å²) in [7, 11) is 0. The Labute approximate surface area is 423 Å². The summed E-state index contributed by atoms with van der Waals surface area (Å²) < 4.78 is 0. The Hall–Kier alpha value is -9.92. The molecule has 4 aromatic heterocycles. The minimum absolute atomic E-state index is 0.687. The molecule has 0 bridgehead atoms. The van der Waals surface area contributed by atoms with E-state index in [-0.39, 0.29) is 0 Å². The van der Waals surface area contributed by atoms with Crippen LogP contribution in [-0.2, 0) is 5.41 Å². The fourth-order valence-corrected chi connectivity index (χ4v) is 9.50. The smallest absolute Gasteiger partial charge is 0.159 e. The van der Waals surface area contributed by atoms with Crippen molar-refractivity contribution < 1.29 is 0 Å². The van der Waals surface area contributed by atoms with Crippen molar-refractivity contribution in [3.63, 3.8) is 0 Å². The molecule has 4 heterocycles. The fourth-order valence-electron chi connectivity index (χ4n) is 9.50. The molecule has 0 spiro atoms. The van der Waals surface area contributed by atoms with Crippen molar-refractivity contribution in [3.8, 4) is 90.1 Å². The Morgan fingerprint density at radius 1 is 0.164 bits per heavy atom. The maximum absolute atomic E-state index is 4.76. The highest BCUT2D eigenvalue weighted by atomic mass is 14.9. The third kappa shape index (κ3) is 8.97. The van der Waals surface area contributed by atoms with Gasteiger partial charge in [-0.25, -0.2) is 39.9 Å². The van der Waals surface area contributed by atoms with Crippen LogP contribution in [0, 0.1) is 0 Å². The zero-order valence-corrected chi connectivity index (χ0v) is 39.5. The van der Waals surface area contributed by atoms with Crippen molar-refractivity contribution in [2.75, 3.05) is 0 Å². The van der Waals surface area contributed by atoms with Crippen molar-refractivity contribution in [2.45, 2.75) is 5.41 Å². The standard InChI is InChI=1S/C65H44N8/c1-5-13-49(14-6-1)61-66-37-53(38-67-61)45-21-29-57(30-22-45)65(58-31-23-46(24-32-58)54-39-68-62(69-40-54)50-15-7-2-8-16-50,59-33-25-47(26-34-59)55-41-70-63(71-42-55)51-17-9-3-10-18-51)60-35-27-48(28-36-60)56-43-72-64(73-44-56)52-19-11-4-12-20-52/h1-44H. The molecule has 0 aliphatic rings. The van der Waals surface area contributed by atoms with Crippen LogP contribution in [0.2, 0.25) is 0 Å². The molecule has 0 amide bonds. The molecule has 0 atom stereocenters. The number of aromatic nitrogens is 8. The molecular formula is C65H44N8. The largest absolute Gasteiger partial charge is 0.236 e. The van der Waals surface area contributed by atoms with Gasteiger partial charge in [0, 0.05) is 94.1 Å². The quantitative estimate of drug-likeness (QED) is 0.112. The first-order chi connectivity index (χ1) is 36.2. The van der Waals surface area contributed by atoms with Crippen LogP contribution in [0.1, 0.15) is 22.3 Å². The van der Waals surface area contributed by atoms with Gasteiger partial charge in [-0.15, -0.1) is 0 Å². The van der Waals surface area contributed by atoms with Crippen molar-refractivity contribution >= 4 is 0 Å². The molecule has 0 radical (unpaired) electrons. The number of nitrogens with zero attached hydrogens (tertiary/aromatic N) is 8. The first-order valence-electron chi connectivity index (χ1n) is 24.1. The summed E-state index contributed by atoms with van der Waals surface area (Å²) in [5.41, 5.74) is 15.1. The van der Waals surface area contributed by atoms with E-state index in [0.29, 0.717) is 23.3 Å². The maximum Gasteiger partial charge on any atom is 0.159 e. The second-order valence-electron chi connectivity index (χ2n) is 17.7. The third-order valence-electron chi connectivity index (χ3n) is 13.3. The van der Waals surface area contributed by atoms with Crippen LogP contribution >= 0.6 is 0 Å². The molecule has 0 aliphatic heterocycles. The van der Waals surface area contributed by atoms with Crippen LogP contribution in [0.5, 0.6) is 0 Å². The predicted octanol–water partition coefficient (Wildman–Crippen LogP) is 14.6. The van der Waals surface area contributed by atoms with E-state index < -0.39 is 5.41 Å². The van der Waals surface area contributed by atoms with E-state index in [4.69, 9.17) is 39.9 Å². The summed E-state index contributed by atoms with van der Waals surface area (Å²) in [5, 5.41) is 0. The topological polar surface area (TPSA) is 103 Å². The Bertz CT molecular complexity index is 3220. The molecule has 8 heteroatoms. The second-order valence-corrected chi connectivity index (χ2v) is 17.7. The SMILES string of the molecule is c1ccc(-c2ncc(-c3ccc(C(c4ccc(-c5cnc(-c6ccccc6)nc5)cc4)(c4ccc(-c5cnc(-c6ccccc6)nc5)cc4)c4ccc(-c5cnc(-c6ccccc6)nc5)cc4)cc3)cn2)cc1. The molecule has 8 aromatic carbocycles. The number of rotatable bonds is 12. The maximum atomic E-state index is 4.76. The summed E-state index contributed by atoms with van der Waals surface area (Å²) >= 11 is 0. The number of hydrogen-bond acceptors (Lipinski definition) is 8. The zero-order valence-electron chi connectivity index (χ0n) is 39.5. The number of benzene rings is 8. The molecule has 0 saturated heterocycles. The van der Waals surface area contributed by atoms with Gasteiger partial charge in [0.2, 0.25) is 0 Å². The molecule has 0 saturated carbocycles. The summed E-state index contributed by atoms with van der Waals surface area (Å²) in [6.07, 6.45) is 15.2. The van der Waals surface area contributed by atoms with E-state index in [1.165, 1.54) is 0 Å². The van der Waals surface area contributed by atoms with Crippen LogP contribution in [0.4, 0.5) is 0 Å². The van der Waals surface area contributed by atoms with Gasteiger partial charge < -0.3 is 0 Å². The van der Waals surface area contributed by atoms with Crippen molar-refractivity contribution in [1.82, 2.24) is 39.9 Å². The molecule has 8 nitrogen and oxygen atoms in total. The van der Waals surface area contributed by atoms with Crippen molar-refractivity contribution in [2.24, 2.45) is 0 Å². The highest BCUT2D eigenvalue weighted by Crippen LogP contribution is 2.47. The van der Waals surface area contributed by atoms with Gasteiger partial charge in [-0.1, -0.05) is 218 Å². The molecule has 0 unspecified atom stereocenters. The Balaban J connectivity index is 0.978. The zero-order chi connectivity index (χ0) is 48.8. The molecule has 73 heavy (non-hydrogen) atoms. The lowest BCUT2D eigenvalue weighted by molar-refractivity contribution is 0.745. The van der Waals surface area contributed by atoms with Crippen LogP contribution in [0.15, 0.2) is 268 Å². The first kappa shape index (κ1) is 44.3. The van der Waals surface area contributed by atoms with E-state index in [2.05, 4.69) is 97.1 Å². The lowest BCUT2D eigenvalue weighted by atomic mass is 9.64. The van der Waals surface area contributed by atoms with Gasteiger partial charge >= 0.3 is 0 Å². The van der Waals surface area contributed by atoms with Gasteiger partial charge in [0.1, 0.15) is 0 Å². The average molecular weight is 937 g/mol. The monoisotopic (exact) mass is 936 g/mol. The molecule has 344 valence electrons. The van der Waals surface area contributed by atoms with Gasteiger partial charge in [-0.3, -0.25) is 0 Å². The molecule has 0 fully saturated rings. The first-order valence-corrected chi connectivity index (χ1v) is 24.1. The normalized spacial score (nSPS) is 11.3. The molecule has 0 aliphatic carbocycles. The minimum atomic E-state index is -0.809. The van der Waals surface area contributed by atoms with E-state index in [1.54, 1.807) is 0 Å². The summed E-state index contributed by atoms with van der Waals surface area (Å²) in [6.45, 7) is 0. The average Bonchev–Trinajstić information content (AvgIpc) is 3.49. The van der Waals surface area contributed by atoms with Crippen LogP contribution < -0.4 is 0 Å². The molecular weight excluding hydrogens is 893 g/mol. The van der Waals surface area contributed by atoms with E-state index in [9.17, 15) is 0 Å². The van der Waals surface area contributed by atoms with Crippen LogP contribution in [-0.4, -0.2) is 39.9 Å². The lowest BCUT2D eigenvalue weighted by Crippen LogP contribution is -2.31. The summed E-state index contributed by atoms with van der Waals surface area (Å²) in [5.74, 6) is 2.75. The van der Waals surface area contributed by atoms with Gasteiger partial charge in [-0.05, 0) is 44.5 Å². The van der Waals surface area contributed by atoms with Crippen LogP contribution in [0.3, 0.4) is 0 Å². The third-order valence-corrected chi connectivity index (χ3v) is 13.3. The van der Waals surface area contributed by atoms with E-state index in [1.807, 2.05) is 171 Å². The summed E-state index contributed by atoms with van der Waals surface area (Å²) in [4.78, 5) is 38.1. The van der Waals surface area contributed by atoms with Gasteiger partial charge in [-0.2, -0.15) is 0 Å². The van der Waals surface area contributed by atoms with Crippen LogP contribution in [0.25, 0.3) is 90.1 Å². The Morgan fingerprint density at radius 3 is 0.521 bits per heavy atom. The van der Waals surface area contributed by atoms with E-state index >= 15 is 0 Å². The minimum Gasteiger partial charge on any atom is -0.236 e. The summed E-state index contributed by atoms with van der Waals surface area (Å²) in [6, 6.07) is 75.4. The Kier molecular flexibility index (Phi) is 12.0. The Morgan fingerprint density at radius 2 is 0.342 bits per heavy atom. The van der Waals surface area contributed by atoms with Crippen molar-refractivity contribution in [3.05, 3.63) is 290 Å². The molecule has 12 rings (SSSR count). The van der Waals surface area contributed by atoms with Gasteiger partial charge in [0.15, 0.2) is 23.3 Å².